The first-order valence-corrected chi connectivity index (χ1v) is 12.1. The van der Waals surface area contributed by atoms with Gasteiger partial charge < -0.3 is 14.8 Å². The molecule has 1 aliphatic rings. The molecule has 0 radical (unpaired) electrons. The van der Waals surface area contributed by atoms with Crippen molar-refractivity contribution in [1.29, 1.82) is 0 Å². The van der Waals surface area contributed by atoms with E-state index in [2.05, 4.69) is 15.0 Å². The lowest BCUT2D eigenvalue weighted by molar-refractivity contribution is 0.0857. The zero-order valence-electron chi connectivity index (χ0n) is 18.2. The molecule has 1 amide bonds. The van der Waals surface area contributed by atoms with Crippen LogP contribution in [0, 0.1) is 6.92 Å². The summed E-state index contributed by atoms with van der Waals surface area (Å²) in [5.74, 6) is 0.588. The maximum atomic E-state index is 12.5. The number of hydrogen-bond acceptors (Lipinski definition) is 6. The highest BCUT2D eigenvalue weighted by Gasteiger charge is 2.17. The predicted octanol–water partition coefficient (Wildman–Crippen LogP) is 3.89. The Hall–Kier alpha value is -3.43. The fourth-order valence-corrected chi connectivity index (χ4v) is 4.39. The molecule has 1 aliphatic heterocycles. The summed E-state index contributed by atoms with van der Waals surface area (Å²) in [6.07, 6.45) is 3.50. The number of anilines is 1. The summed E-state index contributed by atoms with van der Waals surface area (Å²) in [4.78, 5) is 16.6. The lowest BCUT2D eigenvalue weighted by atomic mass is 10.2. The van der Waals surface area contributed by atoms with Gasteiger partial charge in [0.1, 0.15) is 5.75 Å². The van der Waals surface area contributed by atoms with Crippen LogP contribution in [0.4, 0.5) is 5.69 Å². The first kappa shape index (κ1) is 22.8. The number of aryl methyl sites for hydroxylation is 1. The summed E-state index contributed by atoms with van der Waals surface area (Å²) in [5, 5.41) is 2.85. The molecule has 2 aromatic carbocycles. The van der Waals surface area contributed by atoms with Gasteiger partial charge in [0, 0.05) is 31.1 Å². The second kappa shape index (κ2) is 10.0. The van der Waals surface area contributed by atoms with Crippen molar-refractivity contribution in [3.8, 4) is 11.6 Å². The number of pyridine rings is 1. The molecule has 1 fully saturated rings. The van der Waals surface area contributed by atoms with E-state index in [0.717, 1.165) is 25.0 Å². The van der Waals surface area contributed by atoms with Crippen LogP contribution in [-0.4, -0.2) is 38.6 Å². The van der Waals surface area contributed by atoms with Gasteiger partial charge in [0.25, 0.3) is 15.9 Å². The molecule has 0 saturated carbocycles. The Kier molecular flexibility index (Phi) is 6.90. The van der Waals surface area contributed by atoms with Gasteiger partial charge in [0.05, 0.1) is 16.6 Å². The van der Waals surface area contributed by atoms with Crippen LogP contribution in [0.5, 0.6) is 11.6 Å². The molecule has 2 N–H and O–H groups in total. The number of hydrogen-bond donors (Lipinski definition) is 2. The maximum absolute atomic E-state index is 12.5. The third kappa shape index (κ3) is 6.09. The number of sulfonamides is 1. The van der Waals surface area contributed by atoms with E-state index >= 15 is 0 Å². The smallest absolute Gasteiger partial charge is 0.261 e. The van der Waals surface area contributed by atoms with Crippen molar-refractivity contribution in [1.82, 2.24) is 10.3 Å². The largest absolute Gasteiger partial charge is 0.439 e. The van der Waals surface area contributed by atoms with Gasteiger partial charge in [-0.2, -0.15) is 0 Å². The van der Waals surface area contributed by atoms with Crippen LogP contribution in [0.15, 0.2) is 71.8 Å². The Bertz CT molecular complexity index is 1190. The van der Waals surface area contributed by atoms with Crippen molar-refractivity contribution >= 4 is 21.6 Å². The minimum atomic E-state index is -3.67. The summed E-state index contributed by atoms with van der Waals surface area (Å²) in [7, 11) is -3.67. The van der Waals surface area contributed by atoms with Crippen LogP contribution in [-0.2, 0) is 14.8 Å². The SMILES string of the molecule is Cc1ccc(S(=O)(=O)Nc2ccc(Oc3ccc(C(=O)NCC4CCCO4)cn3)cc2)cc1. The third-order valence-corrected chi connectivity index (χ3v) is 6.57. The highest BCUT2D eigenvalue weighted by molar-refractivity contribution is 7.92. The second-order valence-corrected chi connectivity index (χ2v) is 9.46. The van der Waals surface area contributed by atoms with Crippen LogP contribution in [0.2, 0.25) is 0 Å². The molecule has 172 valence electrons. The molecule has 0 bridgehead atoms. The zero-order valence-corrected chi connectivity index (χ0v) is 19.0. The Balaban J connectivity index is 1.33. The van der Waals surface area contributed by atoms with Crippen molar-refractivity contribution in [2.45, 2.75) is 30.8 Å². The summed E-state index contributed by atoms with van der Waals surface area (Å²) < 4.78 is 38.8. The highest BCUT2D eigenvalue weighted by atomic mass is 32.2. The Morgan fingerprint density at radius 1 is 1.09 bits per heavy atom. The molecule has 8 nitrogen and oxygen atoms in total. The van der Waals surface area contributed by atoms with Gasteiger partial charge in [-0.25, -0.2) is 13.4 Å². The monoisotopic (exact) mass is 467 g/mol. The molecule has 1 unspecified atom stereocenters. The molecular formula is C24H25N3O5S. The average molecular weight is 468 g/mol. The third-order valence-electron chi connectivity index (χ3n) is 5.17. The molecular weight excluding hydrogens is 442 g/mol. The van der Waals surface area contributed by atoms with Gasteiger partial charge in [-0.3, -0.25) is 9.52 Å². The minimum Gasteiger partial charge on any atom is -0.439 e. The van der Waals surface area contributed by atoms with Gasteiger partial charge in [-0.1, -0.05) is 17.7 Å². The predicted molar refractivity (Wildman–Crippen MR) is 124 cm³/mol. The lowest BCUT2D eigenvalue weighted by Gasteiger charge is -2.11. The van der Waals surface area contributed by atoms with E-state index in [1.807, 2.05) is 6.92 Å². The van der Waals surface area contributed by atoms with Crippen LogP contribution in [0.3, 0.4) is 0 Å². The van der Waals surface area contributed by atoms with E-state index in [4.69, 9.17) is 9.47 Å². The quantitative estimate of drug-likeness (QED) is 0.521. The van der Waals surface area contributed by atoms with Crippen molar-refractivity contribution in [3.05, 3.63) is 78.0 Å². The summed E-state index contributed by atoms with van der Waals surface area (Å²) in [5.41, 5.74) is 1.83. The zero-order chi connectivity index (χ0) is 23.3. The van der Waals surface area contributed by atoms with E-state index in [-0.39, 0.29) is 16.9 Å². The molecule has 4 rings (SSSR count). The van der Waals surface area contributed by atoms with Crippen LogP contribution >= 0.6 is 0 Å². The van der Waals surface area contributed by atoms with Gasteiger partial charge in [-0.05, 0) is 62.2 Å². The number of aromatic nitrogens is 1. The molecule has 1 aromatic heterocycles. The van der Waals surface area contributed by atoms with Gasteiger partial charge in [0.15, 0.2) is 0 Å². The Labute approximate surface area is 193 Å². The molecule has 1 saturated heterocycles. The number of benzene rings is 2. The van der Waals surface area contributed by atoms with Gasteiger partial charge >= 0.3 is 0 Å². The normalized spacial score (nSPS) is 15.7. The van der Waals surface area contributed by atoms with E-state index < -0.39 is 10.0 Å². The van der Waals surface area contributed by atoms with Crippen LogP contribution < -0.4 is 14.8 Å². The topological polar surface area (TPSA) is 107 Å². The number of ether oxygens (including phenoxy) is 2. The highest BCUT2D eigenvalue weighted by Crippen LogP contribution is 2.23. The molecule has 2 heterocycles. The number of nitrogens with zero attached hydrogens (tertiary/aromatic N) is 1. The Morgan fingerprint density at radius 2 is 1.85 bits per heavy atom. The second-order valence-electron chi connectivity index (χ2n) is 7.78. The summed E-state index contributed by atoms with van der Waals surface area (Å²) in [6.45, 7) is 3.12. The number of amides is 1. The maximum Gasteiger partial charge on any atom is 0.261 e. The van der Waals surface area contributed by atoms with Crippen molar-refractivity contribution in [2.24, 2.45) is 0 Å². The van der Waals surface area contributed by atoms with Gasteiger partial charge in [0.2, 0.25) is 5.88 Å². The minimum absolute atomic E-state index is 0.0776. The van der Waals surface area contributed by atoms with Crippen molar-refractivity contribution in [3.63, 3.8) is 0 Å². The number of carbonyl (C=O) groups excluding carboxylic acids is 1. The van der Waals surface area contributed by atoms with E-state index in [1.54, 1.807) is 60.7 Å². The molecule has 33 heavy (non-hydrogen) atoms. The van der Waals surface area contributed by atoms with Gasteiger partial charge in [-0.15, -0.1) is 0 Å². The van der Waals surface area contributed by atoms with E-state index in [1.165, 1.54) is 6.20 Å². The fraction of sp³-hybridized carbons (Fsp3) is 0.250. The standard InChI is InChI=1S/C24H25N3O5S/c1-17-4-11-22(12-5-17)33(29,30)27-19-7-9-20(10-8-19)32-23-13-6-18(15-25-23)24(28)26-16-21-3-2-14-31-21/h4-13,15,21,27H,2-3,14,16H2,1H3,(H,26,28). The Morgan fingerprint density at radius 3 is 2.48 bits per heavy atom. The van der Waals surface area contributed by atoms with Crippen molar-refractivity contribution in [2.75, 3.05) is 17.9 Å². The van der Waals surface area contributed by atoms with Crippen LogP contribution in [0.25, 0.3) is 0 Å². The van der Waals surface area contributed by atoms with Crippen molar-refractivity contribution < 1.29 is 22.7 Å². The molecule has 3 aromatic rings. The molecule has 1 atom stereocenters. The van der Waals surface area contributed by atoms with E-state index in [0.29, 0.717) is 29.4 Å². The molecule has 9 heteroatoms. The summed E-state index contributed by atoms with van der Waals surface area (Å²) in [6, 6.07) is 16.3. The van der Waals surface area contributed by atoms with Crippen LogP contribution in [0.1, 0.15) is 28.8 Å². The number of carbonyl (C=O) groups is 1. The summed E-state index contributed by atoms with van der Waals surface area (Å²) >= 11 is 0. The molecule has 0 spiro atoms. The first-order chi connectivity index (χ1) is 15.9. The fourth-order valence-electron chi connectivity index (χ4n) is 3.33. The number of nitrogens with one attached hydrogen (secondary N) is 2. The number of rotatable bonds is 8. The lowest BCUT2D eigenvalue weighted by Crippen LogP contribution is -2.31. The van der Waals surface area contributed by atoms with E-state index in [9.17, 15) is 13.2 Å². The molecule has 0 aliphatic carbocycles. The average Bonchev–Trinajstić information content (AvgIpc) is 3.33. The first-order valence-electron chi connectivity index (χ1n) is 10.6.